The van der Waals surface area contributed by atoms with Gasteiger partial charge in [0.25, 0.3) is 0 Å². The molecule has 0 amide bonds. The van der Waals surface area contributed by atoms with Gasteiger partial charge in [-0.05, 0) is 48.1 Å². The van der Waals surface area contributed by atoms with Crippen molar-refractivity contribution in [2.24, 2.45) is 0 Å². The number of esters is 1. The molecule has 0 aliphatic heterocycles. The Balaban J connectivity index is 5.06. The van der Waals surface area contributed by atoms with E-state index in [1.807, 2.05) is 0 Å². The van der Waals surface area contributed by atoms with Crippen LogP contribution in [0.25, 0.3) is 0 Å². The molecule has 0 atom stereocenters. The fourth-order valence-corrected chi connectivity index (χ4v) is 1.69. The summed E-state index contributed by atoms with van der Waals surface area (Å²) in [5.41, 5.74) is -0.769. The minimum Gasteiger partial charge on any atom is -0.456 e. The maximum Gasteiger partial charge on any atom is 0.350 e. The molecule has 0 aromatic rings. The van der Waals surface area contributed by atoms with Gasteiger partial charge in [-0.1, -0.05) is 0 Å². The third-order valence-electron chi connectivity index (χ3n) is 1.70. The van der Waals surface area contributed by atoms with Gasteiger partial charge in [0.1, 0.15) is 5.60 Å². The third kappa shape index (κ3) is 3.63. The van der Waals surface area contributed by atoms with Gasteiger partial charge in [0.15, 0.2) is 14.7 Å². The van der Waals surface area contributed by atoms with Crippen LogP contribution in [0.2, 0.25) is 0 Å². The molecule has 0 unspecified atom stereocenters. The van der Waals surface area contributed by atoms with E-state index >= 15 is 0 Å². The van der Waals surface area contributed by atoms with E-state index in [4.69, 9.17) is 11.3 Å². The van der Waals surface area contributed by atoms with Crippen LogP contribution < -0.4 is 0 Å². The summed E-state index contributed by atoms with van der Waals surface area (Å²) >= 11 is 0. The van der Waals surface area contributed by atoms with Crippen LogP contribution in [0, 0.1) is 6.58 Å². The van der Waals surface area contributed by atoms with E-state index in [0.717, 1.165) is 0 Å². The zero-order valence-corrected chi connectivity index (χ0v) is 11.4. The Hall–Kier alpha value is -0.840. The molecule has 0 heterocycles. The summed E-state index contributed by atoms with van der Waals surface area (Å²) in [5.74, 6) is -0.998. The molecule has 0 saturated carbocycles. The Morgan fingerprint density at radius 3 is 1.69 bits per heavy atom. The number of hydrogen-bond donors (Lipinski definition) is 0. The lowest BCUT2D eigenvalue weighted by atomic mass is 10.2. The lowest BCUT2D eigenvalue weighted by Crippen LogP contribution is -2.34. The molecule has 0 N–H and O–H groups in total. The van der Waals surface area contributed by atoms with E-state index in [9.17, 15) is 13.2 Å². The van der Waals surface area contributed by atoms with Gasteiger partial charge in [-0.25, -0.2) is 13.2 Å². The van der Waals surface area contributed by atoms with Crippen molar-refractivity contribution in [2.75, 3.05) is 0 Å². The monoisotopic (exact) mass is 247 g/mol. The largest absolute Gasteiger partial charge is 0.456 e. The number of carbonyl (C=O) groups excluding carboxylic acids is 1. The van der Waals surface area contributed by atoms with E-state index in [1.165, 1.54) is 20.8 Å². The van der Waals surface area contributed by atoms with Crippen molar-refractivity contribution in [2.45, 2.75) is 51.9 Å². The zero-order chi connectivity index (χ0) is 13.4. The summed E-state index contributed by atoms with van der Waals surface area (Å²) in [6.07, 6.45) is 0. The SMILES string of the molecule is [CH]=C(C(=O)OC(C)(C)C)S(=O)(=O)C(C)(C)C. The summed E-state index contributed by atoms with van der Waals surface area (Å²) in [5, 5.41) is 0. The maximum absolute atomic E-state index is 11.8. The van der Waals surface area contributed by atoms with Gasteiger partial charge in [0.2, 0.25) is 0 Å². The highest BCUT2D eigenvalue weighted by Gasteiger charge is 2.37. The third-order valence-corrected chi connectivity index (χ3v) is 4.05. The minimum atomic E-state index is -3.83. The smallest absolute Gasteiger partial charge is 0.350 e. The first kappa shape index (κ1) is 15.2. The molecular weight excluding hydrogens is 228 g/mol. The molecule has 4 nitrogen and oxygen atoms in total. The first-order valence-electron chi connectivity index (χ1n) is 4.89. The Morgan fingerprint density at radius 2 is 1.44 bits per heavy atom. The predicted molar refractivity (Wildman–Crippen MR) is 62.3 cm³/mol. The highest BCUT2D eigenvalue weighted by atomic mass is 32.2. The molecule has 0 spiro atoms. The van der Waals surface area contributed by atoms with Gasteiger partial charge in [-0.3, -0.25) is 0 Å². The van der Waals surface area contributed by atoms with Gasteiger partial charge < -0.3 is 4.74 Å². The molecule has 0 aromatic carbocycles. The quantitative estimate of drug-likeness (QED) is 0.552. The number of hydrogen-bond acceptors (Lipinski definition) is 4. The summed E-state index contributed by atoms with van der Waals surface area (Å²) < 4.78 is 27.4. The van der Waals surface area contributed by atoms with Gasteiger partial charge >= 0.3 is 5.97 Å². The average Bonchev–Trinajstić information content (AvgIpc) is 1.97. The second kappa shape index (κ2) is 4.20. The van der Waals surface area contributed by atoms with Crippen molar-refractivity contribution < 1.29 is 17.9 Å². The van der Waals surface area contributed by atoms with Crippen molar-refractivity contribution in [3.63, 3.8) is 0 Å². The first-order chi connectivity index (χ1) is 6.79. The molecule has 1 radical (unpaired) electrons. The molecule has 0 fully saturated rings. The first-order valence-corrected chi connectivity index (χ1v) is 6.38. The van der Waals surface area contributed by atoms with Gasteiger partial charge in [0, 0.05) is 0 Å². The standard InChI is InChI=1S/C11H19O4S/c1-8(9(12)15-10(2,3)4)16(13,14)11(5,6)7/h1H,2-7H3. The van der Waals surface area contributed by atoms with Crippen molar-refractivity contribution in [3.8, 4) is 0 Å². The summed E-state index contributed by atoms with van der Waals surface area (Å²) in [4.78, 5) is 10.7. The molecule has 0 aliphatic rings. The highest BCUT2D eigenvalue weighted by Crippen LogP contribution is 2.24. The van der Waals surface area contributed by atoms with Crippen molar-refractivity contribution in [1.29, 1.82) is 0 Å². The fraction of sp³-hybridized carbons (Fsp3) is 0.727. The van der Waals surface area contributed by atoms with E-state index in [-0.39, 0.29) is 0 Å². The summed E-state index contributed by atoms with van der Waals surface area (Å²) in [6.45, 7) is 14.7. The van der Waals surface area contributed by atoms with Crippen LogP contribution in [0.3, 0.4) is 0 Å². The van der Waals surface area contributed by atoms with Crippen molar-refractivity contribution >= 4 is 15.8 Å². The second-order valence-corrected chi connectivity index (χ2v) is 8.15. The highest BCUT2D eigenvalue weighted by molar-refractivity contribution is 7.97. The van der Waals surface area contributed by atoms with Crippen molar-refractivity contribution in [3.05, 3.63) is 11.5 Å². The number of rotatable bonds is 2. The fourth-order valence-electron chi connectivity index (χ4n) is 0.768. The van der Waals surface area contributed by atoms with Crippen LogP contribution in [-0.4, -0.2) is 24.7 Å². The van der Waals surface area contributed by atoms with Gasteiger partial charge in [-0.2, -0.15) is 0 Å². The molecule has 0 aliphatic carbocycles. The lowest BCUT2D eigenvalue weighted by molar-refractivity contribution is -0.149. The molecule has 0 aromatic heterocycles. The van der Waals surface area contributed by atoms with E-state index in [2.05, 4.69) is 0 Å². The summed E-state index contributed by atoms with van der Waals surface area (Å²) in [6, 6.07) is 0. The van der Waals surface area contributed by atoms with Crippen LogP contribution in [0.15, 0.2) is 4.91 Å². The molecule has 0 rings (SSSR count). The van der Waals surface area contributed by atoms with E-state index < -0.39 is 31.1 Å². The molecule has 0 bridgehead atoms. The maximum atomic E-state index is 11.8. The molecule has 0 saturated heterocycles. The van der Waals surface area contributed by atoms with Crippen LogP contribution in [0.4, 0.5) is 0 Å². The Morgan fingerprint density at radius 1 is 1.06 bits per heavy atom. The Bertz CT molecular complexity index is 391. The van der Waals surface area contributed by atoms with Crippen molar-refractivity contribution in [1.82, 2.24) is 0 Å². The predicted octanol–water partition coefficient (Wildman–Crippen LogP) is 1.86. The Kier molecular flexibility index (Phi) is 3.98. The number of sulfone groups is 1. The molecular formula is C11H19O4S. The second-order valence-electron chi connectivity index (χ2n) is 5.48. The molecule has 16 heavy (non-hydrogen) atoms. The van der Waals surface area contributed by atoms with Crippen LogP contribution in [-0.2, 0) is 19.4 Å². The van der Waals surface area contributed by atoms with Gasteiger partial charge in [-0.15, -0.1) is 0 Å². The molecule has 5 heteroatoms. The van der Waals surface area contributed by atoms with Crippen LogP contribution in [0.1, 0.15) is 41.5 Å². The topological polar surface area (TPSA) is 60.4 Å². The minimum absolute atomic E-state index is 0.741. The van der Waals surface area contributed by atoms with Crippen LogP contribution >= 0.6 is 0 Å². The average molecular weight is 247 g/mol. The number of ether oxygens (including phenoxy) is 1. The molecule has 93 valence electrons. The Labute approximate surface area is 97.6 Å². The zero-order valence-electron chi connectivity index (χ0n) is 10.6. The van der Waals surface area contributed by atoms with E-state index in [1.54, 1.807) is 20.8 Å². The number of carbonyl (C=O) groups is 1. The lowest BCUT2D eigenvalue weighted by Gasteiger charge is -2.23. The van der Waals surface area contributed by atoms with E-state index in [0.29, 0.717) is 0 Å². The normalized spacial score (nSPS) is 13.4. The van der Waals surface area contributed by atoms with Crippen LogP contribution in [0.5, 0.6) is 0 Å². The van der Waals surface area contributed by atoms with Gasteiger partial charge in [0.05, 0.1) is 4.75 Å². The summed E-state index contributed by atoms with van der Waals surface area (Å²) in [7, 11) is -3.83.